The van der Waals surface area contributed by atoms with E-state index in [0.717, 1.165) is 53.6 Å². The van der Waals surface area contributed by atoms with Crippen LogP contribution in [0.15, 0.2) is 89.8 Å². The maximum absolute atomic E-state index is 10.9. The summed E-state index contributed by atoms with van der Waals surface area (Å²) in [7, 11) is 0. The van der Waals surface area contributed by atoms with Crippen molar-refractivity contribution >= 4 is 11.5 Å². The molecule has 0 saturated carbocycles. The lowest BCUT2D eigenvalue weighted by molar-refractivity contribution is -0.139. The van der Waals surface area contributed by atoms with Crippen LogP contribution in [0.3, 0.4) is 0 Å². The van der Waals surface area contributed by atoms with E-state index in [9.17, 15) is 4.79 Å². The fraction of sp³-hybridized carbons (Fsp3) is 0.207. The van der Waals surface area contributed by atoms with Crippen molar-refractivity contribution in [2.45, 2.75) is 31.6 Å². The number of nitrogens with zero attached hydrogens (tertiary/aromatic N) is 2. The molecule has 0 saturated heterocycles. The number of hydrogen-bond acceptors (Lipinski definition) is 5. The fourth-order valence-electron chi connectivity index (χ4n) is 4.64. The molecule has 2 aromatic carbocycles. The number of aryl methyl sites for hydroxylation is 1. The summed E-state index contributed by atoms with van der Waals surface area (Å²) in [5.74, 6) is 0.210. The van der Waals surface area contributed by atoms with Crippen molar-refractivity contribution < 1.29 is 19.1 Å². The Bertz CT molecular complexity index is 1290. The lowest BCUT2D eigenvalue weighted by Gasteiger charge is -2.20. The van der Waals surface area contributed by atoms with E-state index in [1.807, 2.05) is 48.7 Å². The smallest absolute Gasteiger partial charge is 0.341 e. The van der Waals surface area contributed by atoms with Gasteiger partial charge in [0.2, 0.25) is 5.89 Å². The molecule has 1 aliphatic rings. The van der Waals surface area contributed by atoms with E-state index < -0.39 is 5.97 Å². The second-order valence-electron chi connectivity index (χ2n) is 8.54. The normalized spacial score (nSPS) is 13.5. The Labute approximate surface area is 203 Å². The van der Waals surface area contributed by atoms with Gasteiger partial charge in [-0.15, -0.1) is 0 Å². The van der Waals surface area contributed by atoms with Crippen LogP contribution in [0.1, 0.15) is 52.6 Å². The third-order valence-electron chi connectivity index (χ3n) is 6.23. The number of benzene rings is 2. The molecule has 0 fully saturated rings. The molecule has 35 heavy (non-hydrogen) atoms. The van der Waals surface area contributed by atoms with Crippen molar-refractivity contribution in [2.24, 2.45) is 0 Å². The number of aliphatic carboxylic acids is 1. The predicted octanol–water partition coefficient (Wildman–Crippen LogP) is 5.68. The van der Waals surface area contributed by atoms with Gasteiger partial charge in [0.15, 0.2) is 6.61 Å². The molecule has 0 radical (unpaired) electrons. The number of carboxylic acid groups (broad SMARTS) is 1. The first kappa shape index (κ1) is 22.6. The van der Waals surface area contributed by atoms with Gasteiger partial charge in [-0.05, 0) is 60.1 Å². The molecule has 6 heteroatoms. The first-order chi connectivity index (χ1) is 17.2. The Hall–Kier alpha value is -4.19. The van der Waals surface area contributed by atoms with Crippen molar-refractivity contribution in [3.8, 4) is 5.75 Å². The van der Waals surface area contributed by atoms with Crippen LogP contribution in [0.4, 0.5) is 0 Å². The number of oxazole rings is 1. The molecular formula is C29H26N2O4. The van der Waals surface area contributed by atoms with E-state index in [2.05, 4.69) is 29.3 Å². The largest absolute Gasteiger partial charge is 0.482 e. The molecular weight excluding hydrogens is 440 g/mol. The fourth-order valence-corrected chi connectivity index (χ4v) is 4.64. The molecule has 5 rings (SSSR count). The van der Waals surface area contributed by atoms with E-state index in [-0.39, 0.29) is 12.5 Å². The zero-order chi connectivity index (χ0) is 24.0. The minimum atomic E-state index is -0.976. The number of rotatable bonds is 9. The SMILES string of the molecule is O=C(O)COc1cccc2c1CCC=C2CCc1coc(C(c2ccccc2)c2cccnc2)n1. The summed E-state index contributed by atoms with van der Waals surface area (Å²) in [4.78, 5) is 20.1. The van der Waals surface area contributed by atoms with Gasteiger partial charge in [-0.25, -0.2) is 9.78 Å². The van der Waals surface area contributed by atoms with Crippen LogP contribution < -0.4 is 4.74 Å². The van der Waals surface area contributed by atoms with Crippen molar-refractivity contribution in [2.75, 3.05) is 6.61 Å². The highest BCUT2D eigenvalue weighted by Crippen LogP contribution is 2.36. The number of fused-ring (bicyclic) bond motifs is 1. The van der Waals surface area contributed by atoms with Gasteiger partial charge in [0.05, 0.1) is 11.6 Å². The topological polar surface area (TPSA) is 85.5 Å². The average Bonchev–Trinajstić information content (AvgIpc) is 3.36. The zero-order valence-electron chi connectivity index (χ0n) is 19.3. The highest BCUT2D eigenvalue weighted by molar-refractivity contribution is 5.73. The van der Waals surface area contributed by atoms with Gasteiger partial charge in [0, 0.05) is 18.0 Å². The van der Waals surface area contributed by atoms with E-state index in [4.69, 9.17) is 19.2 Å². The minimum absolute atomic E-state index is 0.123. The molecule has 6 nitrogen and oxygen atoms in total. The monoisotopic (exact) mass is 466 g/mol. The van der Waals surface area contributed by atoms with Crippen LogP contribution >= 0.6 is 0 Å². The van der Waals surface area contributed by atoms with E-state index in [1.54, 1.807) is 12.5 Å². The Kier molecular flexibility index (Phi) is 6.70. The molecule has 1 unspecified atom stereocenters. The minimum Gasteiger partial charge on any atom is -0.482 e. The van der Waals surface area contributed by atoms with Crippen LogP contribution in [0.2, 0.25) is 0 Å². The molecule has 4 aromatic rings. The molecule has 1 atom stereocenters. The first-order valence-corrected chi connectivity index (χ1v) is 11.7. The quantitative estimate of drug-likeness (QED) is 0.342. The summed E-state index contributed by atoms with van der Waals surface area (Å²) < 4.78 is 11.5. The third kappa shape index (κ3) is 5.17. The van der Waals surface area contributed by atoms with Crippen LogP contribution in [-0.2, 0) is 17.6 Å². The van der Waals surface area contributed by atoms with Crippen molar-refractivity contribution in [3.63, 3.8) is 0 Å². The first-order valence-electron chi connectivity index (χ1n) is 11.7. The van der Waals surface area contributed by atoms with Crippen LogP contribution in [0.25, 0.3) is 5.57 Å². The van der Waals surface area contributed by atoms with Gasteiger partial charge >= 0.3 is 5.97 Å². The summed E-state index contributed by atoms with van der Waals surface area (Å²) in [5, 5.41) is 8.97. The Morgan fingerprint density at radius 2 is 1.89 bits per heavy atom. The summed E-state index contributed by atoms with van der Waals surface area (Å²) in [6, 6.07) is 20.0. The summed E-state index contributed by atoms with van der Waals surface area (Å²) in [5.41, 5.74) is 6.46. The highest BCUT2D eigenvalue weighted by Gasteiger charge is 2.23. The standard InChI is InChI=1S/C29H26N2O4/c32-27(33)19-34-26-13-5-11-24-20(9-4-12-25(24)26)14-15-23-18-35-29(31-23)28(21-7-2-1-3-8-21)22-10-6-16-30-17-22/h1-3,5-11,13,16-18,28H,4,12,14-15,19H2,(H,32,33). The Morgan fingerprint density at radius 3 is 2.69 bits per heavy atom. The molecule has 0 spiro atoms. The van der Waals surface area contributed by atoms with Gasteiger partial charge in [-0.2, -0.15) is 0 Å². The van der Waals surface area contributed by atoms with Crippen molar-refractivity contribution in [1.82, 2.24) is 9.97 Å². The molecule has 0 amide bonds. The van der Waals surface area contributed by atoms with Crippen LogP contribution in [-0.4, -0.2) is 27.7 Å². The maximum Gasteiger partial charge on any atom is 0.341 e. The molecule has 2 aromatic heterocycles. The summed E-state index contributed by atoms with van der Waals surface area (Å²) in [6.45, 7) is -0.337. The highest BCUT2D eigenvalue weighted by atomic mass is 16.5. The molecule has 0 aliphatic heterocycles. The van der Waals surface area contributed by atoms with Gasteiger partial charge < -0.3 is 14.3 Å². The second kappa shape index (κ2) is 10.4. The number of allylic oxidation sites excluding steroid dienone is 2. The number of carbonyl (C=O) groups is 1. The average molecular weight is 467 g/mol. The number of ether oxygens (including phenoxy) is 1. The Balaban J connectivity index is 1.34. The van der Waals surface area contributed by atoms with E-state index in [1.165, 1.54) is 5.57 Å². The van der Waals surface area contributed by atoms with Crippen LogP contribution in [0, 0.1) is 0 Å². The lowest BCUT2D eigenvalue weighted by atomic mass is 9.87. The second-order valence-corrected chi connectivity index (χ2v) is 8.54. The summed E-state index contributed by atoms with van der Waals surface area (Å²) in [6.07, 6.45) is 10.9. The molecule has 2 heterocycles. The van der Waals surface area contributed by atoms with Crippen LogP contribution in [0.5, 0.6) is 5.75 Å². The number of aromatic nitrogens is 2. The van der Waals surface area contributed by atoms with Gasteiger partial charge in [-0.1, -0.05) is 54.6 Å². The number of pyridine rings is 1. The van der Waals surface area contributed by atoms with Gasteiger partial charge in [0.25, 0.3) is 0 Å². The third-order valence-corrected chi connectivity index (χ3v) is 6.23. The lowest BCUT2D eigenvalue weighted by Crippen LogP contribution is -2.12. The van der Waals surface area contributed by atoms with Crippen molar-refractivity contribution in [3.05, 3.63) is 119 Å². The molecule has 1 N–H and O–H groups in total. The Morgan fingerprint density at radius 1 is 1.03 bits per heavy atom. The molecule has 176 valence electrons. The summed E-state index contributed by atoms with van der Waals surface area (Å²) >= 11 is 0. The molecule has 0 bridgehead atoms. The number of carboxylic acids is 1. The maximum atomic E-state index is 10.9. The zero-order valence-corrected chi connectivity index (χ0v) is 19.3. The van der Waals surface area contributed by atoms with Crippen molar-refractivity contribution in [1.29, 1.82) is 0 Å². The molecule has 1 aliphatic carbocycles. The van der Waals surface area contributed by atoms with E-state index in [0.29, 0.717) is 11.6 Å². The van der Waals surface area contributed by atoms with E-state index >= 15 is 0 Å². The van der Waals surface area contributed by atoms with Gasteiger partial charge in [-0.3, -0.25) is 4.98 Å². The number of hydrogen-bond donors (Lipinski definition) is 1. The van der Waals surface area contributed by atoms with Gasteiger partial charge in [0.1, 0.15) is 12.0 Å². The predicted molar refractivity (Wildman–Crippen MR) is 132 cm³/mol.